The van der Waals surface area contributed by atoms with Gasteiger partial charge >= 0.3 is 0 Å². The van der Waals surface area contributed by atoms with Crippen molar-refractivity contribution in [2.75, 3.05) is 0 Å². The zero-order chi connectivity index (χ0) is 9.54. The van der Waals surface area contributed by atoms with Crippen molar-refractivity contribution in [2.45, 2.75) is 26.3 Å². The third kappa shape index (κ3) is 1.21. The van der Waals surface area contributed by atoms with Crippen molar-refractivity contribution < 1.29 is 0 Å². The summed E-state index contributed by atoms with van der Waals surface area (Å²) in [5.74, 6) is 2.55. The number of allylic oxidation sites excluding steroid dienone is 2. The highest BCUT2D eigenvalue weighted by atomic mass is 15.3. The molecule has 1 saturated carbocycles. The Morgan fingerprint density at radius 1 is 1.43 bits per heavy atom. The van der Waals surface area contributed by atoms with Gasteiger partial charge in [0.25, 0.3) is 0 Å². The van der Waals surface area contributed by atoms with Crippen LogP contribution >= 0.6 is 0 Å². The standard InChI is InChI=1S/C12H16N2/c1-9-4-5-13-14(9)8-12-7-10-2-3-11(12)6-10/h2-5,10-12H,6-8H2,1H3/t10-,11?,12+/m1/s1. The first-order valence-corrected chi connectivity index (χ1v) is 5.49. The first-order valence-electron chi connectivity index (χ1n) is 5.49. The molecule has 3 atom stereocenters. The van der Waals surface area contributed by atoms with Crippen LogP contribution in [0.4, 0.5) is 0 Å². The summed E-state index contributed by atoms with van der Waals surface area (Å²) in [7, 11) is 0. The van der Waals surface area contributed by atoms with E-state index in [1.807, 2.05) is 6.20 Å². The molecule has 1 fully saturated rings. The SMILES string of the molecule is Cc1ccnn1C[C@@H]1C[C@@H]2C=CC1C2. The normalized spacial score (nSPS) is 34.2. The number of hydrogen-bond donors (Lipinski definition) is 0. The van der Waals surface area contributed by atoms with Crippen molar-refractivity contribution in [1.82, 2.24) is 9.78 Å². The van der Waals surface area contributed by atoms with Crippen LogP contribution in [-0.2, 0) is 6.54 Å². The van der Waals surface area contributed by atoms with E-state index in [9.17, 15) is 0 Å². The van der Waals surface area contributed by atoms with Gasteiger partial charge in [0, 0.05) is 18.4 Å². The van der Waals surface area contributed by atoms with Gasteiger partial charge in [-0.05, 0) is 43.6 Å². The summed E-state index contributed by atoms with van der Waals surface area (Å²) in [6.07, 6.45) is 9.48. The maximum Gasteiger partial charge on any atom is 0.0492 e. The quantitative estimate of drug-likeness (QED) is 0.652. The van der Waals surface area contributed by atoms with Crippen molar-refractivity contribution >= 4 is 0 Å². The summed E-state index contributed by atoms with van der Waals surface area (Å²) < 4.78 is 2.15. The molecular weight excluding hydrogens is 172 g/mol. The average Bonchev–Trinajstić information content (AvgIpc) is 2.83. The van der Waals surface area contributed by atoms with Crippen LogP contribution in [-0.4, -0.2) is 9.78 Å². The average molecular weight is 188 g/mol. The maximum absolute atomic E-state index is 4.36. The van der Waals surface area contributed by atoms with E-state index in [4.69, 9.17) is 0 Å². The van der Waals surface area contributed by atoms with E-state index in [0.29, 0.717) is 0 Å². The number of rotatable bonds is 2. The Morgan fingerprint density at radius 3 is 2.93 bits per heavy atom. The van der Waals surface area contributed by atoms with Crippen LogP contribution in [0.15, 0.2) is 24.4 Å². The lowest BCUT2D eigenvalue weighted by Crippen LogP contribution is -2.16. The summed E-state index contributed by atoms with van der Waals surface area (Å²) in [6, 6.07) is 2.09. The topological polar surface area (TPSA) is 17.8 Å². The molecule has 2 nitrogen and oxygen atoms in total. The molecule has 14 heavy (non-hydrogen) atoms. The molecule has 3 rings (SSSR count). The lowest BCUT2D eigenvalue weighted by Gasteiger charge is -2.18. The predicted octanol–water partition coefficient (Wildman–Crippen LogP) is 2.40. The minimum Gasteiger partial charge on any atom is -0.270 e. The molecule has 2 bridgehead atoms. The number of aromatic nitrogens is 2. The summed E-state index contributed by atoms with van der Waals surface area (Å²) in [6.45, 7) is 3.25. The van der Waals surface area contributed by atoms with Crippen LogP contribution in [0.2, 0.25) is 0 Å². The van der Waals surface area contributed by atoms with E-state index in [1.165, 1.54) is 18.5 Å². The zero-order valence-corrected chi connectivity index (χ0v) is 8.56. The Hall–Kier alpha value is -1.05. The van der Waals surface area contributed by atoms with Gasteiger partial charge in [-0.2, -0.15) is 5.10 Å². The highest BCUT2D eigenvalue weighted by molar-refractivity contribution is 5.10. The molecule has 0 spiro atoms. The molecule has 74 valence electrons. The molecule has 0 aliphatic heterocycles. The van der Waals surface area contributed by atoms with E-state index >= 15 is 0 Å². The monoisotopic (exact) mass is 188 g/mol. The van der Waals surface area contributed by atoms with Gasteiger partial charge in [-0.25, -0.2) is 0 Å². The summed E-state index contributed by atoms with van der Waals surface area (Å²) in [5.41, 5.74) is 1.29. The van der Waals surface area contributed by atoms with Gasteiger partial charge < -0.3 is 0 Å². The third-order valence-corrected chi connectivity index (χ3v) is 3.75. The fourth-order valence-electron chi connectivity index (χ4n) is 2.92. The van der Waals surface area contributed by atoms with E-state index in [-0.39, 0.29) is 0 Å². The molecule has 1 aromatic rings. The van der Waals surface area contributed by atoms with Crippen LogP contribution in [0.25, 0.3) is 0 Å². The van der Waals surface area contributed by atoms with Crippen molar-refractivity contribution in [1.29, 1.82) is 0 Å². The lowest BCUT2D eigenvalue weighted by atomic mass is 9.94. The van der Waals surface area contributed by atoms with Crippen molar-refractivity contribution in [3.05, 3.63) is 30.1 Å². The predicted molar refractivity (Wildman–Crippen MR) is 55.8 cm³/mol. The fourth-order valence-corrected chi connectivity index (χ4v) is 2.92. The van der Waals surface area contributed by atoms with Crippen LogP contribution in [0, 0.1) is 24.7 Å². The van der Waals surface area contributed by atoms with Crippen molar-refractivity contribution in [3.8, 4) is 0 Å². The van der Waals surface area contributed by atoms with Gasteiger partial charge in [0.15, 0.2) is 0 Å². The van der Waals surface area contributed by atoms with Crippen LogP contribution < -0.4 is 0 Å². The van der Waals surface area contributed by atoms with Gasteiger partial charge in [-0.15, -0.1) is 0 Å². The highest BCUT2D eigenvalue weighted by Gasteiger charge is 2.35. The Balaban J connectivity index is 1.75. The van der Waals surface area contributed by atoms with E-state index < -0.39 is 0 Å². The molecule has 1 aromatic heterocycles. The van der Waals surface area contributed by atoms with Gasteiger partial charge in [-0.3, -0.25) is 4.68 Å². The molecule has 0 amide bonds. The molecular formula is C12H16N2. The molecule has 1 heterocycles. The number of hydrogen-bond acceptors (Lipinski definition) is 1. The smallest absolute Gasteiger partial charge is 0.0492 e. The summed E-state index contributed by atoms with van der Waals surface area (Å²) >= 11 is 0. The van der Waals surface area contributed by atoms with Gasteiger partial charge in [0.05, 0.1) is 0 Å². The first-order chi connectivity index (χ1) is 6.83. The van der Waals surface area contributed by atoms with E-state index in [0.717, 1.165) is 24.3 Å². The molecule has 0 radical (unpaired) electrons. The molecule has 2 heteroatoms. The summed E-state index contributed by atoms with van der Waals surface area (Å²) in [4.78, 5) is 0. The van der Waals surface area contributed by atoms with Gasteiger partial charge in [0.1, 0.15) is 0 Å². The first kappa shape index (κ1) is 8.27. The second kappa shape index (κ2) is 2.97. The maximum atomic E-state index is 4.36. The van der Waals surface area contributed by atoms with E-state index in [1.54, 1.807) is 0 Å². The zero-order valence-electron chi connectivity index (χ0n) is 8.56. The molecule has 0 aromatic carbocycles. The second-order valence-electron chi connectivity index (χ2n) is 4.70. The molecule has 2 aliphatic rings. The Kier molecular flexibility index (Phi) is 1.76. The third-order valence-electron chi connectivity index (χ3n) is 3.75. The Labute approximate surface area is 84.6 Å². The lowest BCUT2D eigenvalue weighted by molar-refractivity contribution is 0.361. The molecule has 2 aliphatic carbocycles. The Bertz CT molecular complexity index is 364. The minimum absolute atomic E-state index is 0.837. The molecule has 0 N–H and O–H groups in total. The molecule has 0 saturated heterocycles. The number of aryl methyl sites for hydroxylation is 1. The number of nitrogens with zero attached hydrogens (tertiary/aromatic N) is 2. The van der Waals surface area contributed by atoms with Crippen LogP contribution in [0.5, 0.6) is 0 Å². The van der Waals surface area contributed by atoms with Crippen molar-refractivity contribution in [3.63, 3.8) is 0 Å². The fraction of sp³-hybridized carbons (Fsp3) is 0.583. The highest BCUT2D eigenvalue weighted by Crippen LogP contribution is 2.43. The minimum atomic E-state index is 0.837. The van der Waals surface area contributed by atoms with Crippen molar-refractivity contribution in [2.24, 2.45) is 17.8 Å². The largest absolute Gasteiger partial charge is 0.270 e. The van der Waals surface area contributed by atoms with Crippen LogP contribution in [0.1, 0.15) is 18.5 Å². The van der Waals surface area contributed by atoms with Gasteiger partial charge in [-0.1, -0.05) is 12.2 Å². The van der Waals surface area contributed by atoms with E-state index in [2.05, 4.69) is 34.9 Å². The summed E-state index contributed by atoms with van der Waals surface area (Å²) in [5, 5.41) is 4.36. The molecule has 1 unspecified atom stereocenters. The Morgan fingerprint density at radius 2 is 2.36 bits per heavy atom. The van der Waals surface area contributed by atoms with Crippen LogP contribution in [0.3, 0.4) is 0 Å². The van der Waals surface area contributed by atoms with Gasteiger partial charge in [0.2, 0.25) is 0 Å². The second-order valence-corrected chi connectivity index (χ2v) is 4.70. The number of fused-ring (bicyclic) bond motifs is 2.